The number of H-pyrrole nitrogens is 1. The molecule has 5 aromatic rings. The van der Waals surface area contributed by atoms with Gasteiger partial charge in [0, 0.05) is 40.3 Å². The Bertz CT molecular complexity index is 1560. The van der Waals surface area contributed by atoms with Crippen LogP contribution in [-0.2, 0) is 6.54 Å². The zero-order valence-electron chi connectivity index (χ0n) is 21.8. The predicted molar refractivity (Wildman–Crippen MR) is 151 cm³/mol. The summed E-state index contributed by atoms with van der Waals surface area (Å²) in [6.45, 7) is 5.42. The number of rotatable bonds is 6. The van der Waals surface area contributed by atoms with Crippen LogP contribution in [0.5, 0.6) is 11.5 Å². The Morgan fingerprint density at radius 2 is 1.70 bits per heavy atom. The minimum absolute atomic E-state index is 0.591. The van der Waals surface area contributed by atoms with Crippen LogP contribution in [0.2, 0.25) is 0 Å². The van der Waals surface area contributed by atoms with Gasteiger partial charge in [-0.05, 0) is 97.9 Å². The van der Waals surface area contributed by atoms with E-state index in [-0.39, 0.29) is 0 Å². The van der Waals surface area contributed by atoms with Gasteiger partial charge in [-0.15, -0.1) is 0 Å². The van der Waals surface area contributed by atoms with Crippen LogP contribution < -0.4 is 9.47 Å². The number of nitrogens with one attached hydrogen (secondary N) is 1. The van der Waals surface area contributed by atoms with Crippen LogP contribution in [0.15, 0.2) is 72.9 Å². The van der Waals surface area contributed by atoms with E-state index in [1.165, 1.54) is 45.8 Å². The van der Waals surface area contributed by atoms with E-state index < -0.39 is 0 Å². The Morgan fingerprint density at radius 1 is 0.892 bits per heavy atom. The van der Waals surface area contributed by atoms with E-state index in [4.69, 9.17) is 9.47 Å². The highest BCUT2D eigenvalue weighted by Gasteiger charge is 2.22. The van der Waals surface area contributed by atoms with Crippen LogP contribution in [0.4, 0.5) is 0 Å². The Balaban J connectivity index is 1.19. The molecule has 1 N–H and O–H groups in total. The number of hydrogen-bond acceptors (Lipinski definition) is 4. The number of pyridine rings is 1. The van der Waals surface area contributed by atoms with Gasteiger partial charge in [-0.1, -0.05) is 24.3 Å². The zero-order chi connectivity index (χ0) is 25.4. The monoisotopic (exact) mass is 491 g/mol. The smallest absolute Gasteiger partial charge is 0.161 e. The second kappa shape index (κ2) is 9.91. The van der Waals surface area contributed by atoms with E-state index in [9.17, 15) is 0 Å². The number of aromatic amines is 1. The van der Waals surface area contributed by atoms with Crippen molar-refractivity contribution in [2.75, 3.05) is 27.3 Å². The molecule has 0 spiro atoms. The largest absolute Gasteiger partial charge is 0.493 e. The highest BCUT2D eigenvalue weighted by molar-refractivity contribution is 5.91. The molecule has 0 radical (unpaired) electrons. The van der Waals surface area contributed by atoms with E-state index in [0.29, 0.717) is 5.92 Å². The molecule has 0 amide bonds. The molecule has 1 saturated heterocycles. The molecule has 0 bridgehead atoms. The van der Waals surface area contributed by atoms with Gasteiger partial charge in [0.1, 0.15) is 0 Å². The normalized spacial score (nSPS) is 14.9. The molecule has 0 unspecified atom stereocenters. The number of ether oxygens (including phenoxy) is 2. The first-order valence-corrected chi connectivity index (χ1v) is 13.0. The highest BCUT2D eigenvalue weighted by Crippen LogP contribution is 2.37. The molecule has 2 aromatic heterocycles. The van der Waals surface area contributed by atoms with E-state index in [0.717, 1.165) is 47.9 Å². The second-order valence-electron chi connectivity index (χ2n) is 10.0. The lowest BCUT2D eigenvalue weighted by molar-refractivity contribution is 0.205. The molecule has 188 valence electrons. The van der Waals surface area contributed by atoms with E-state index in [2.05, 4.69) is 76.4 Å². The summed E-state index contributed by atoms with van der Waals surface area (Å²) in [7, 11) is 3.34. The van der Waals surface area contributed by atoms with Gasteiger partial charge >= 0.3 is 0 Å². The Hall–Kier alpha value is -3.83. The lowest BCUT2D eigenvalue weighted by atomic mass is 9.88. The van der Waals surface area contributed by atoms with Gasteiger partial charge < -0.3 is 14.5 Å². The summed E-state index contributed by atoms with van der Waals surface area (Å²) in [5, 5.41) is 2.57. The Kier molecular flexibility index (Phi) is 6.31. The minimum Gasteiger partial charge on any atom is -0.493 e. The Labute approximate surface area is 218 Å². The van der Waals surface area contributed by atoms with Crippen molar-refractivity contribution >= 4 is 21.8 Å². The molecule has 3 heterocycles. The van der Waals surface area contributed by atoms with Crippen molar-refractivity contribution in [3.05, 3.63) is 89.6 Å². The lowest BCUT2D eigenvalue weighted by Gasteiger charge is -2.32. The number of methoxy groups -OCH3 is 2. The number of benzene rings is 3. The maximum Gasteiger partial charge on any atom is 0.161 e. The first kappa shape index (κ1) is 23.6. The molecule has 1 aliphatic rings. The molecular formula is C32H33N3O2. The standard InChI is InChI=1S/C32H33N3O2/c1-21-27-18-23(8-10-29(27)34-32(21)24-9-11-30(36-2)31(19-24)37-3)22-13-16-35(17-14-22)20-25-12-15-33-28-7-5-4-6-26(25)28/h4-12,15,18-19,22,34H,13-14,16-17,20H2,1-3H3. The quantitative estimate of drug-likeness (QED) is 0.276. The maximum absolute atomic E-state index is 5.53. The van der Waals surface area contributed by atoms with Crippen molar-refractivity contribution in [3.63, 3.8) is 0 Å². The molecule has 5 heteroatoms. The average Bonchev–Trinajstić information content (AvgIpc) is 3.29. The van der Waals surface area contributed by atoms with Crippen molar-refractivity contribution in [1.29, 1.82) is 0 Å². The summed E-state index contributed by atoms with van der Waals surface area (Å²) < 4.78 is 10.9. The second-order valence-corrected chi connectivity index (χ2v) is 10.0. The summed E-state index contributed by atoms with van der Waals surface area (Å²) in [6, 6.07) is 23.7. The summed E-state index contributed by atoms with van der Waals surface area (Å²) in [4.78, 5) is 10.8. The number of aryl methyl sites for hydroxylation is 1. The minimum atomic E-state index is 0.591. The van der Waals surface area contributed by atoms with Crippen LogP contribution in [0.25, 0.3) is 33.1 Å². The van der Waals surface area contributed by atoms with Crippen molar-refractivity contribution < 1.29 is 9.47 Å². The summed E-state index contributed by atoms with van der Waals surface area (Å²) in [6.07, 6.45) is 4.30. The SMILES string of the molecule is COc1ccc(-c2[nH]c3ccc(C4CCN(Cc5ccnc6ccccc56)CC4)cc3c2C)cc1OC. The fourth-order valence-corrected chi connectivity index (χ4v) is 5.84. The summed E-state index contributed by atoms with van der Waals surface area (Å²) >= 11 is 0. The molecule has 1 aliphatic heterocycles. The lowest BCUT2D eigenvalue weighted by Crippen LogP contribution is -2.32. The number of aromatic nitrogens is 2. The van der Waals surface area contributed by atoms with Gasteiger partial charge in [-0.25, -0.2) is 0 Å². The molecule has 37 heavy (non-hydrogen) atoms. The van der Waals surface area contributed by atoms with E-state index >= 15 is 0 Å². The molecule has 0 saturated carbocycles. The number of likely N-dealkylation sites (tertiary alicyclic amines) is 1. The van der Waals surface area contributed by atoms with E-state index in [1.54, 1.807) is 14.2 Å². The average molecular weight is 492 g/mol. The zero-order valence-corrected chi connectivity index (χ0v) is 21.8. The predicted octanol–water partition coefficient (Wildman–Crippen LogP) is 7.09. The maximum atomic E-state index is 5.53. The summed E-state index contributed by atoms with van der Waals surface area (Å²) in [5.41, 5.74) is 8.58. The van der Waals surface area contributed by atoms with Gasteiger partial charge in [-0.3, -0.25) is 9.88 Å². The number of para-hydroxylation sites is 1. The van der Waals surface area contributed by atoms with Crippen molar-refractivity contribution in [3.8, 4) is 22.8 Å². The topological polar surface area (TPSA) is 50.4 Å². The van der Waals surface area contributed by atoms with Gasteiger partial charge in [-0.2, -0.15) is 0 Å². The number of fused-ring (bicyclic) bond motifs is 2. The first-order valence-electron chi connectivity index (χ1n) is 13.0. The van der Waals surface area contributed by atoms with Gasteiger partial charge in [0.15, 0.2) is 11.5 Å². The molecule has 3 aromatic carbocycles. The number of piperidine rings is 1. The summed E-state index contributed by atoms with van der Waals surface area (Å²) in [5.74, 6) is 2.07. The van der Waals surface area contributed by atoms with Crippen molar-refractivity contribution in [1.82, 2.24) is 14.9 Å². The fraction of sp³-hybridized carbons (Fsp3) is 0.281. The highest BCUT2D eigenvalue weighted by atomic mass is 16.5. The first-order chi connectivity index (χ1) is 18.1. The molecule has 0 atom stereocenters. The Morgan fingerprint density at radius 3 is 2.51 bits per heavy atom. The van der Waals surface area contributed by atoms with Gasteiger partial charge in [0.25, 0.3) is 0 Å². The van der Waals surface area contributed by atoms with E-state index in [1.807, 2.05) is 18.3 Å². The molecule has 6 rings (SSSR count). The number of hydrogen-bond donors (Lipinski definition) is 1. The van der Waals surface area contributed by atoms with Crippen LogP contribution >= 0.6 is 0 Å². The van der Waals surface area contributed by atoms with Crippen LogP contribution in [0.3, 0.4) is 0 Å². The fourth-order valence-electron chi connectivity index (χ4n) is 5.84. The molecule has 5 nitrogen and oxygen atoms in total. The van der Waals surface area contributed by atoms with Crippen molar-refractivity contribution in [2.24, 2.45) is 0 Å². The molecule has 0 aliphatic carbocycles. The van der Waals surface area contributed by atoms with Crippen LogP contribution in [0, 0.1) is 6.92 Å². The molecular weight excluding hydrogens is 458 g/mol. The van der Waals surface area contributed by atoms with Gasteiger partial charge in [0.05, 0.1) is 19.7 Å². The third-order valence-electron chi connectivity index (χ3n) is 7.95. The number of nitrogens with zero attached hydrogens (tertiary/aromatic N) is 2. The third-order valence-corrected chi connectivity index (χ3v) is 7.95. The third kappa shape index (κ3) is 4.44. The van der Waals surface area contributed by atoms with Gasteiger partial charge in [0.2, 0.25) is 0 Å². The molecule has 1 fully saturated rings. The van der Waals surface area contributed by atoms with Crippen LogP contribution in [-0.4, -0.2) is 42.2 Å². The van der Waals surface area contributed by atoms with Crippen molar-refractivity contribution in [2.45, 2.75) is 32.2 Å². The van der Waals surface area contributed by atoms with Crippen LogP contribution in [0.1, 0.15) is 35.4 Å².